The molecule has 0 bridgehead atoms. The molecule has 0 saturated heterocycles. The van der Waals surface area contributed by atoms with Gasteiger partial charge < -0.3 is 24.9 Å². The minimum Gasteiger partial charge on any atom is -0.490 e. The van der Waals surface area contributed by atoms with E-state index in [1.54, 1.807) is 0 Å². The van der Waals surface area contributed by atoms with Gasteiger partial charge in [-0.25, -0.2) is 0 Å². The molecule has 0 fully saturated rings. The highest BCUT2D eigenvalue weighted by Crippen LogP contribution is 2.31. The Kier molecular flexibility index (Phi) is 5.39. The van der Waals surface area contributed by atoms with Crippen LogP contribution in [0.3, 0.4) is 0 Å². The van der Waals surface area contributed by atoms with Crippen LogP contribution in [0.2, 0.25) is 0 Å². The Hall–Kier alpha value is -2.28. The molecule has 0 atom stereocenters. The number of hydrogen-bond donors (Lipinski definition) is 2. The third kappa shape index (κ3) is 4.09. The highest BCUT2D eigenvalue weighted by Gasteiger charge is 2.09. The molecule has 0 aliphatic rings. The van der Waals surface area contributed by atoms with Gasteiger partial charge in [0.05, 0.1) is 13.2 Å². The maximum atomic E-state index is 5.56. The van der Waals surface area contributed by atoms with E-state index in [2.05, 4.69) is 15.5 Å². The molecule has 7 nitrogen and oxygen atoms in total. The second-order valence-electron chi connectivity index (χ2n) is 4.19. The van der Waals surface area contributed by atoms with E-state index in [0.717, 1.165) is 5.69 Å². The fourth-order valence-electron chi connectivity index (χ4n) is 1.78. The van der Waals surface area contributed by atoms with Crippen molar-refractivity contribution in [2.45, 2.75) is 20.3 Å². The molecule has 3 N–H and O–H groups in total. The van der Waals surface area contributed by atoms with Crippen molar-refractivity contribution in [1.82, 2.24) is 10.2 Å². The molecule has 2 rings (SSSR count). The second-order valence-corrected chi connectivity index (χ2v) is 4.19. The van der Waals surface area contributed by atoms with Crippen LogP contribution < -0.4 is 20.5 Å². The van der Waals surface area contributed by atoms with E-state index in [4.69, 9.17) is 19.6 Å². The summed E-state index contributed by atoms with van der Waals surface area (Å²) in [5.74, 6) is 1.89. The van der Waals surface area contributed by atoms with Crippen LogP contribution >= 0.6 is 0 Å². The van der Waals surface area contributed by atoms with Gasteiger partial charge in [0.1, 0.15) is 0 Å². The number of nitrogens with zero attached hydrogens (tertiary/aromatic N) is 2. The summed E-state index contributed by atoms with van der Waals surface area (Å²) in [6.45, 7) is 5.47. The summed E-state index contributed by atoms with van der Waals surface area (Å²) in [7, 11) is 0. The Morgan fingerprint density at radius 2 is 1.90 bits per heavy atom. The van der Waals surface area contributed by atoms with Crippen molar-refractivity contribution >= 4 is 11.7 Å². The predicted molar refractivity (Wildman–Crippen MR) is 79.1 cm³/mol. The molecular weight excluding hydrogens is 272 g/mol. The van der Waals surface area contributed by atoms with Crippen LogP contribution in [0.25, 0.3) is 0 Å². The Bertz CT molecular complexity index is 571. The SMILES string of the molecule is CCOc1ccc(Nc2nnc(CCN)o2)cc1OCC. The molecule has 114 valence electrons. The van der Waals surface area contributed by atoms with Gasteiger partial charge in [-0.3, -0.25) is 0 Å². The predicted octanol–water partition coefficient (Wildman–Crippen LogP) is 2.11. The first-order chi connectivity index (χ1) is 10.3. The number of ether oxygens (including phenoxy) is 2. The normalized spacial score (nSPS) is 10.4. The Morgan fingerprint density at radius 3 is 2.62 bits per heavy atom. The van der Waals surface area contributed by atoms with E-state index in [1.807, 2.05) is 32.0 Å². The van der Waals surface area contributed by atoms with Crippen molar-refractivity contribution in [2.75, 3.05) is 25.1 Å². The van der Waals surface area contributed by atoms with Crippen LogP contribution in [0, 0.1) is 0 Å². The van der Waals surface area contributed by atoms with Crippen molar-refractivity contribution in [1.29, 1.82) is 0 Å². The molecule has 0 aliphatic carbocycles. The summed E-state index contributed by atoms with van der Waals surface area (Å²) in [6.07, 6.45) is 0.558. The monoisotopic (exact) mass is 292 g/mol. The second kappa shape index (κ2) is 7.49. The van der Waals surface area contributed by atoms with Crippen LogP contribution in [0.15, 0.2) is 22.6 Å². The van der Waals surface area contributed by atoms with Gasteiger partial charge in [0, 0.05) is 24.7 Å². The first kappa shape index (κ1) is 15.1. The molecule has 7 heteroatoms. The van der Waals surface area contributed by atoms with Crippen molar-refractivity contribution in [2.24, 2.45) is 5.73 Å². The van der Waals surface area contributed by atoms with Gasteiger partial charge in [-0.2, -0.15) is 0 Å². The number of rotatable bonds is 8. The summed E-state index contributed by atoms with van der Waals surface area (Å²) in [4.78, 5) is 0. The van der Waals surface area contributed by atoms with Crippen LogP contribution in [0.5, 0.6) is 11.5 Å². The van der Waals surface area contributed by atoms with Gasteiger partial charge >= 0.3 is 6.01 Å². The fourth-order valence-corrected chi connectivity index (χ4v) is 1.78. The first-order valence-electron chi connectivity index (χ1n) is 6.96. The average molecular weight is 292 g/mol. The summed E-state index contributed by atoms with van der Waals surface area (Å²) in [6, 6.07) is 5.86. The maximum Gasteiger partial charge on any atom is 0.320 e. The van der Waals surface area contributed by atoms with Crippen molar-refractivity contribution in [3.63, 3.8) is 0 Å². The van der Waals surface area contributed by atoms with Crippen LogP contribution in [0.1, 0.15) is 19.7 Å². The van der Waals surface area contributed by atoms with Crippen molar-refractivity contribution in [3.05, 3.63) is 24.1 Å². The van der Waals surface area contributed by atoms with Gasteiger partial charge in [0.15, 0.2) is 11.5 Å². The summed E-state index contributed by atoms with van der Waals surface area (Å²) in [5.41, 5.74) is 6.22. The molecule has 0 aliphatic heterocycles. The van der Waals surface area contributed by atoms with Crippen LogP contribution in [0.4, 0.5) is 11.7 Å². The van der Waals surface area contributed by atoms with Gasteiger partial charge in [-0.1, -0.05) is 5.10 Å². The molecule has 1 aromatic carbocycles. The lowest BCUT2D eigenvalue weighted by Gasteiger charge is -2.12. The number of benzene rings is 1. The minimum atomic E-state index is 0.324. The number of nitrogens with two attached hydrogens (primary N) is 1. The Morgan fingerprint density at radius 1 is 1.14 bits per heavy atom. The highest BCUT2D eigenvalue weighted by atomic mass is 16.5. The van der Waals surface area contributed by atoms with Crippen LogP contribution in [-0.4, -0.2) is 30.0 Å². The molecule has 1 aromatic heterocycles. The maximum absolute atomic E-state index is 5.56. The van der Waals surface area contributed by atoms with E-state index < -0.39 is 0 Å². The lowest BCUT2D eigenvalue weighted by Crippen LogP contribution is -2.02. The summed E-state index contributed by atoms with van der Waals surface area (Å²) in [5, 5.41) is 10.8. The van der Waals surface area contributed by atoms with E-state index in [0.29, 0.717) is 49.6 Å². The first-order valence-corrected chi connectivity index (χ1v) is 6.96. The highest BCUT2D eigenvalue weighted by molar-refractivity contribution is 5.59. The zero-order chi connectivity index (χ0) is 15.1. The molecule has 21 heavy (non-hydrogen) atoms. The largest absolute Gasteiger partial charge is 0.490 e. The Balaban J connectivity index is 2.13. The number of hydrogen-bond acceptors (Lipinski definition) is 7. The zero-order valence-corrected chi connectivity index (χ0v) is 12.3. The molecule has 0 unspecified atom stereocenters. The molecule has 0 saturated carbocycles. The van der Waals surface area contributed by atoms with E-state index in [1.165, 1.54) is 0 Å². The lowest BCUT2D eigenvalue weighted by atomic mass is 10.2. The van der Waals surface area contributed by atoms with Crippen molar-refractivity contribution in [3.8, 4) is 11.5 Å². The zero-order valence-electron chi connectivity index (χ0n) is 12.3. The molecule has 0 radical (unpaired) electrons. The van der Waals surface area contributed by atoms with E-state index in [-0.39, 0.29) is 0 Å². The standard InChI is InChI=1S/C14H20N4O3/c1-3-19-11-6-5-10(9-12(11)20-4-2)16-14-18-17-13(21-14)7-8-15/h5-6,9H,3-4,7-8,15H2,1-2H3,(H,16,18). The van der Waals surface area contributed by atoms with Gasteiger partial charge in [0.2, 0.25) is 5.89 Å². The topological polar surface area (TPSA) is 95.4 Å². The average Bonchev–Trinajstić information content (AvgIpc) is 2.90. The summed E-state index contributed by atoms with van der Waals surface area (Å²) >= 11 is 0. The van der Waals surface area contributed by atoms with E-state index >= 15 is 0 Å². The fraction of sp³-hybridized carbons (Fsp3) is 0.429. The Labute approximate surface area is 123 Å². The lowest BCUT2D eigenvalue weighted by molar-refractivity contribution is 0.288. The summed E-state index contributed by atoms with van der Waals surface area (Å²) < 4.78 is 16.5. The smallest absolute Gasteiger partial charge is 0.320 e. The van der Waals surface area contributed by atoms with Gasteiger partial charge in [0.25, 0.3) is 0 Å². The van der Waals surface area contributed by atoms with Crippen LogP contribution in [-0.2, 0) is 6.42 Å². The minimum absolute atomic E-state index is 0.324. The third-order valence-electron chi connectivity index (χ3n) is 2.62. The van der Waals surface area contributed by atoms with E-state index in [9.17, 15) is 0 Å². The molecular formula is C14H20N4O3. The third-order valence-corrected chi connectivity index (χ3v) is 2.62. The number of nitrogens with one attached hydrogen (secondary N) is 1. The quantitative estimate of drug-likeness (QED) is 0.769. The molecule has 2 aromatic rings. The number of anilines is 2. The molecule has 0 amide bonds. The van der Waals surface area contributed by atoms with Gasteiger partial charge in [-0.05, 0) is 26.0 Å². The van der Waals surface area contributed by atoms with Crippen molar-refractivity contribution < 1.29 is 13.9 Å². The molecule has 0 spiro atoms. The van der Waals surface area contributed by atoms with Gasteiger partial charge in [-0.15, -0.1) is 5.10 Å². The molecule has 1 heterocycles. The number of aromatic nitrogens is 2.